The fourth-order valence-corrected chi connectivity index (χ4v) is 2.02. The number of aromatic nitrogens is 1. The van der Waals surface area contributed by atoms with Gasteiger partial charge in [-0.3, -0.25) is 14.6 Å². The van der Waals surface area contributed by atoms with E-state index in [9.17, 15) is 9.59 Å². The molecule has 0 unspecified atom stereocenters. The molecule has 0 saturated carbocycles. The number of amides is 1. The smallest absolute Gasteiger partial charge is 0.306 e. The lowest BCUT2D eigenvalue weighted by Gasteiger charge is -2.06. The van der Waals surface area contributed by atoms with E-state index in [-0.39, 0.29) is 18.5 Å². The van der Waals surface area contributed by atoms with Crippen molar-refractivity contribution in [2.45, 2.75) is 25.9 Å². The number of pyridine rings is 1. The topological polar surface area (TPSA) is 68.3 Å². The molecule has 0 aliphatic rings. The molecule has 1 aromatic carbocycles. The molecule has 2 aromatic rings. The average Bonchev–Trinajstić information content (AvgIpc) is 2.59. The summed E-state index contributed by atoms with van der Waals surface area (Å²) in [5.41, 5.74) is 1.88. The van der Waals surface area contributed by atoms with Gasteiger partial charge in [0.1, 0.15) is 6.61 Å². The van der Waals surface area contributed by atoms with Crippen molar-refractivity contribution in [2.75, 3.05) is 6.54 Å². The van der Waals surface area contributed by atoms with Crippen LogP contribution in [-0.4, -0.2) is 23.4 Å². The van der Waals surface area contributed by atoms with E-state index >= 15 is 0 Å². The first-order chi connectivity index (χ1) is 11.2. The number of benzene rings is 1. The highest BCUT2D eigenvalue weighted by Gasteiger charge is 2.05. The van der Waals surface area contributed by atoms with Crippen LogP contribution in [0.15, 0.2) is 54.9 Å². The molecule has 1 N–H and O–H groups in total. The molecule has 0 spiro atoms. The van der Waals surface area contributed by atoms with Crippen LogP contribution in [-0.2, 0) is 27.4 Å². The monoisotopic (exact) mass is 312 g/mol. The molecule has 5 heteroatoms. The predicted octanol–water partition coefficient (Wildman–Crippen LogP) is 2.26. The third-order valence-corrected chi connectivity index (χ3v) is 3.24. The van der Waals surface area contributed by atoms with E-state index in [4.69, 9.17) is 4.74 Å². The Morgan fingerprint density at radius 2 is 1.74 bits per heavy atom. The van der Waals surface area contributed by atoms with Crippen LogP contribution < -0.4 is 5.32 Å². The van der Waals surface area contributed by atoms with E-state index in [0.717, 1.165) is 11.1 Å². The fraction of sp³-hybridized carbons (Fsp3) is 0.278. The summed E-state index contributed by atoms with van der Waals surface area (Å²) in [5, 5.41) is 2.79. The summed E-state index contributed by atoms with van der Waals surface area (Å²) in [6, 6.07) is 13.2. The molecule has 5 nitrogen and oxygen atoms in total. The van der Waals surface area contributed by atoms with Gasteiger partial charge >= 0.3 is 5.97 Å². The molecule has 1 aromatic heterocycles. The maximum absolute atomic E-state index is 11.7. The zero-order valence-electron chi connectivity index (χ0n) is 12.9. The Kier molecular flexibility index (Phi) is 6.78. The summed E-state index contributed by atoms with van der Waals surface area (Å²) < 4.78 is 5.17. The Balaban J connectivity index is 1.56. The van der Waals surface area contributed by atoms with Gasteiger partial charge in [0.05, 0.1) is 6.42 Å². The highest BCUT2D eigenvalue weighted by molar-refractivity contribution is 5.78. The van der Waals surface area contributed by atoms with Crippen molar-refractivity contribution in [1.82, 2.24) is 10.3 Å². The molecule has 0 atom stereocenters. The number of hydrogen-bond donors (Lipinski definition) is 1. The number of ether oxygens (including phenoxy) is 1. The summed E-state index contributed by atoms with van der Waals surface area (Å²) in [5.74, 6) is -0.314. The minimum Gasteiger partial charge on any atom is -0.461 e. The van der Waals surface area contributed by atoms with Crippen molar-refractivity contribution >= 4 is 11.9 Å². The number of nitrogens with one attached hydrogen (secondary N) is 1. The molecule has 0 radical (unpaired) electrons. The van der Waals surface area contributed by atoms with E-state index in [0.29, 0.717) is 25.8 Å². The lowest BCUT2D eigenvalue weighted by Crippen LogP contribution is -2.26. The first-order valence-corrected chi connectivity index (χ1v) is 7.59. The number of carbonyl (C=O) groups is 2. The van der Waals surface area contributed by atoms with Crippen molar-refractivity contribution in [3.63, 3.8) is 0 Å². The summed E-state index contributed by atoms with van der Waals surface area (Å²) in [6.07, 6.45) is 4.50. The Hall–Kier alpha value is -2.69. The molecule has 0 aliphatic carbocycles. The number of hydrogen-bond acceptors (Lipinski definition) is 4. The Bertz CT molecular complexity index is 615. The van der Waals surface area contributed by atoms with Crippen LogP contribution in [0.25, 0.3) is 0 Å². The highest BCUT2D eigenvalue weighted by atomic mass is 16.5. The van der Waals surface area contributed by atoms with Crippen LogP contribution in [0.4, 0.5) is 0 Å². The second-order valence-electron chi connectivity index (χ2n) is 5.13. The van der Waals surface area contributed by atoms with Gasteiger partial charge in [-0.2, -0.15) is 0 Å². The van der Waals surface area contributed by atoms with Gasteiger partial charge in [-0.25, -0.2) is 0 Å². The summed E-state index contributed by atoms with van der Waals surface area (Å²) in [4.78, 5) is 27.2. The van der Waals surface area contributed by atoms with Crippen LogP contribution in [0.1, 0.15) is 24.0 Å². The summed E-state index contributed by atoms with van der Waals surface area (Å²) >= 11 is 0. The first kappa shape index (κ1) is 16.7. The van der Waals surface area contributed by atoms with Gasteiger partial charge in [-0.1, -0.05) is 30.3 Å². The zero-order chi connectivity index (χ0) is 16.3. The van der Waals surface area contributed by atoms with E-state index in [1.165, 1.54) is 0 Å². The van der Waals surface area contributed by atoms with Crippen LogP contribution in [0.2, 0.25) is 0 Å². The van der Waals surface area contributed by atoms with Crippen LogP contribution in [0.5, 0.6) is 0 Å². The molecular formula is C18H20N2O3. The molecule has 0 fully saturated rings. The van der Waals surface area contributed by atoms with Crippen LogP contribution in [0.3, 0.4) is 0 Å². The van der Waals surface area contributed by atoms with Crippen molar-refractivity contribution in [3.8, 4) is 0 Å². The van der Waals surface area contributed by atoms with E-state index in [1.54, 1.807) is 24.5 Å². The zero-order valence-corrected chi connectivity index (χ0v) is 12.9. The van der Waals surface area contributed by atoms with Gasteiger partial charge in [0, 0.05) is 25.4 Å². The normalized spacial score (nSPS) is 10.1. The number of esters is 1. The minimum atomic E-state index is -0.253. The largest absolute Gasteiger partial charge is 0.461 e. The van der Waals surface area contributed by atoms with Gasteiger partial charge < -0.3 is 10.1 Å². The fourth-order valence-electron chi connectivity index (χ4n) is 2.02. The van der Waals surface area contributed by atoms with E-state index in [2.05, 4.69) is 10.3 Å². The molecule has 23 heavy (non-hydrogen) atoms. The molecule has 0 saturated heterocycles. The van der Waals surface area contributed by atoms with Crippen molar-refractivity contribution in [1.29, 1.82) is 0 Å². The van der Waals surface area contributed by atoms with Crippen LogP contribution in [0, 0.1) is 0 Å². The number of carbonyl (C=O) groups excluding carboxylic acids is 2. The second-order valence-corrected chi connectivity index (χ2v) is 5.13. The number of nitrogens with zero attached hydrogens (tertiary/aromatic N) is 1. The summed E-state index contributed by atoms with van der Waals surface area (Å²) in [6.45, 7) is 0.748. The van der Waals surface area contributed by atoms with Crippen molar-refractivity contribution in [3.05, 3.63) is 66.0 Å². The van der Waals surface area contributed by atoms with E-state index < -0.39 is 0 Å². The lowest BCUT2D eigenvalue weighted by atomic mass is 10.2. The maximum Gasteiger partial charge on any atom is 0.306 e. The third-order valence-electron chi connectivity index (χ3n) is 3.24. The first-order valence-electron chi connectivity index (χ1n) is 7.59. The quantitative estimate of drug-likeness (QED) is 0.600. The van der Waals surface area contributed by atoms with Crippen molar-refractivity contribution < 1.29 is 14.3 Å². The van der Waals surface area contributed by atoms with Gasteiger partial charge in [0.2, 0.25) is 5.91 Å². The van der Waals surface area contributed by atoms with Gasteiger partial charge in [0.15, 0.2) is 0 Å². The molecular weight excluding hydrogens is 292 g/mol. The predicted molar refractivity (Wildman–Crippen MR) is 86.4 cm³/mol. The third kappa shape index (κ3) is 6.74. The Morgan fingerprint density at radius 1 is 1.00 bits per heavy atom. The average molecular weight is 312 g/mol. The summed E-state index contributed by atoms with van der Waals surface area (Å²) in [7, 11) is 0. The highest BCUT2D eigenvalue weighted by Crippen LogP contribution is 2.02. The molecule has 0 bridgehead atoms. The maximum atomic E-state index is 11.7. The lowest BCUT2D eigenvalue weighted by molar-refractivity contribution is -0.145. The standard InChI is InChI=1S/C18H20N2O3/c21-17(13-15-8-11-19-12-9-15)20-10-4-7-18(22)23-14-16-5-2-1-3-6-16/h1-3,5-6,8-9,11-12H,4,7,10,13-14H2,(H,20,21). The minimum absolute atomic E-state index is 0.0612. The van der Waals surface area contributed by atoms with Gasteiger partial charge in [-0.15, -0.1) is 0 Å². The SMILES string of the molecule is O=C(Cc1ccncc1)NCCCC(=O)OCc1ccccc1. The molecule has 2 rings (SSSR count). The number of rotatable bonds is 8. The van der Waals surface area contributed by atoms with Crippen molar-refractivity contribution in [2.24, 2.45) is 0 Å². The molecule has 120 valence electrons. The van der Waals surface area contributed by atoms with Gasteiger partial charge in [0.25, 0.3) is 0 Å². The van der Waals surface area contributed by atoms with Gasteiger partial charge in [-0.05, 0) is 29.7 Å². The Morgan fingerprint density at radius 3 is 2.48 bits per heavy atom. The second kappa shape index (κ2) is 9.35. The molecule has 1 amide bonds. The van der Waals surface area contributed by atoms with E-state index in [1.807, 2.05) is 30.3 Å². The van der Waals surface area contributed by atoms with Crippen LogP contribution >= 0.6 is 0 Å². The Labute approximate surface area is 135 Å². The molecule has 1 heterocycles. The molecule has 0 aliphatic heterocycles.